The first-order valence-electron chi connectivity index (χ1n) is 6.03. The van der Waals surface area contributed by atoms with E-state index in [2.05, 4.69) is 10.6 Å². The summed E-state index contributed by atoms with van der Waals surface area (Å²) in [6.45, 7) is 9.81. The van der Waals surface area contributed by atoms with E-state index in [-0.39, 0.29) is 24.0 Å². The van der Waals surface area contributed by atoms with Crippen LogP contribution in [0.25, 0.3) is 0 Å². The zero-order valence-electron chi connectivity index (χ0n) is 11.4. The van der Waals surface area contributed by atoms with Crippen LogP contribution >= 0.6 is 0 Å². The second-order valence-corrected chi connectivity index (χ2v) is 4.63. The quantitative estimate of drug-likeness (QED) is 0.651. The van der Waals surface area contributed by atoms with Gasteiger partial charge in [0.25, 0.3) is 0 Å². The lowest BCUT2D eigenvalue weighted by atomic mass is 10.0. The first-order chi connectivity index (χ1) is 7.82. The summed E-state index contributed by atoms with van der Waals surface area (Å²) in [5.74, 6) is -0.456. The Morgan fingerprint density at radius 3 is 2.35 bits per heavy atom. The molecule has 0 fully saturated rings. The molecule has 100 valence electrons. The first-order valence-corrected chi connectivity index (χ1v) is 6.03. The SMILES string of the molecule is CCOC(=O)CNC(C)C(=O)NC(C)(C)CC. The molecule has 1 amide bonds. The number of hydrogen-bond acceptors (Lipinski definition) is 4. The van der Waals surface area contributed by atoms with Crippen LogP contribution in [0.1, 0.15) is 41.0 Å². The van der Waals surface area contributed by atoms with Crippen molar-refractivity contribution in [1.82, 2.24) is 10.6 Å². The molecule has 0 rings (SSSR count). The molecule has 0 aliphatic carbocycles. The van der Waals surface area contributed by atoms with Crippen molar-refractivity contribution in [3.8, 4) is 0 Å². The summed E-state index contributed by atoms with van der Waals surface area (Å²) in [6.07, 6.45) is 0.851. The monoisotopic (exact) mass is 244 g/mol. The lowest BCUT2D eigenvalue weighted by Crippen LogP contribution is -2.51. The minimum atomic E-state index is -0.412. The van der Waals surface area contributed by atoms with Crippen LogP contribution in [0.2, 0.25) is 0 Å². The third-order valence-corrected chi connectivity index (χ3v) is 2.60. The van der Waals surface area contributed by atoms with E-state index in [1.165, 1.54) is 0 Å². The molecular weight excluding hydrogens is 220 g/mol. The number of carbonyl (C=O) groups is 2. The average Bonchev–Trinajstić information content (AvgIpc) is 2.25. The fraction of sp³-hybridized carbons (Fsp3) is 0.833. The molecule has 5 nitrogen and oxygen atoms in total. The minimum absolute atomic E-state index is 0.0506. The maximum atomic E-state index is 11.8. The van der Waals surface area contributed by atoms with E-state index in [0.29, 0.717) is 6.61 Å². The van der Waals surface area contributed by atoms with Crippen molar-refractivity contribution in [3.63, 3.8) is 0 Å². The number of amides is 1. The molecule has 1 atom stereocenters. The van der Waals surface area contributed by atoms with Crippen molar-refractivity contribution < 1.29 is 14.3 Å². The van der Waals surface area contributed by atoms with Gasteiger partial charge in [0.2, 0.25) is 5.91 Å². The van der Waals surface area contributed by atoms with Gasteiger partial charge in [0.15, 0.2) is 0 Å². The third kappa shape index (κ3) is 6.94. The van der Waals surface area contributed by atoms with Crippen molar-refractivity contribution in [2.24, 2.45) is 0 Å². The highest BCUT2D eigenvalue weighted by molar-refractivity contribution is 5.82. The molecule has 0 aromatic carbocycles. The number of esters is 1. The molecule has 0 radical (unpaired) electrons. The number of rotatable bonds is 7. The Morgan fingerprint density at radius 2 is 1.88 bits per heavy atom. The summed E-state index contributed by atoms with van der Waals surface area (Å²) in [4.78, 5) is 22.9. The number of nitrogens with one attached hydrogen (secondary N) is 2. The molecule has 0 heterocycles. The molecule has 0 aromatic heterocycles. The normalized spacial score (nSPS) is 13.0. The van der Waals surface area contributed by atoms with Crippen molar-refractivity contribution in [2.75, 3.05) is 13.2 Å². The Balaban J connectivity index is 4.02. The highest BCUT2D eigenvalue weighted by Gasteiger charge is 2.21. The summed E-state index contributed by atoms with van der Waals surface area (Å²) in [5.41, 5.74) is -0.225. The van der Waals surface area contributed by atoms with Crippen LogP contribution in [-0.4, -0.2) is 36.6 Å². The highest BCUT2D eigenvalue weighted by Crippen LogP contribution is 2.06. The molecule has 0 saturated heterocycles. The van der Waals surface area contributed by atoms with Crippen LogP contribution in [-0.2, 0) is 14.3 Å². The van der Waals surface area contributed by atoms with Gasteiger partial charge in [0.1, 0.15) is 0 Å². The van der Waals surface area contributed by atoms with Gasteiger partial charge in [-0.1, -0.05) is 6.92 Å². The second kappa shape index (κ2) is 7.27. The highest BCUT2D eigenvalue weighted by atomic mass is 16.5. The van der Waals surface area contributed by atoms with E-state index in [9.17, 15) is 9.59 Å². The molecular formula is C12H24N2O3. The van der Waals surface area contributed by atoms with Gasteiger partial charge in [0.05, 0.1) is 19.2 Å². The van der Waals surface area contributed by atoms with Crippen molar-refractivity contribution >= 4 is 11.9 Å². The molecule has 0 saturated carbocycles. The number of hydrogen-bond donors (Lipinski definition) is 2. The van der Waals surface area contributed by atoms with E-state index in [1.54, 1.807) is 13.8 Å². The lowest BCUT2D eigenvalue weighted by molar-refractivity contribution is -0.142. The Hall–Kier alpha value is -1.10. The topological polar surface area (TPSA) is 67.4 Å². The van der Waals surface area contributed by atoms with E-state index < -0.39 is 6.04 Å². The van der Waals surface area contributed by atoms with E-state index >= 15 is 0 Å². The zero-order chi connectivity index (χ0) is 13.5. The molecule has 1 unspecified atom stereocenters. The van der Waals surface area contributed by atoms with E-state index in [0.717, 1.165) is 6.42 Å². The molecule has 2 N–H and O–H groups in total. The van der Waals surface area contributed by atoms with Gasteiger partial charge in [-0.3, -0.25) is 14.9 Å². The van der Waals surface area contributed by atoms with Crippen molar-refractivity contribution in [3.05, 3.63) is 0 Å². The van der Waals surface area contributed by atoms with Gasteiger partial charge in [-0.15, -0.1) is 0 Å². The number of ether oxygens (including phenoxy) is 1. The summed E-state index contributed by atoms with van der Waals surface area (Å²) in [5, 5.41) is 5.73. The smallest absolute Gasteiger partial charge is 0.319 e. The zero-order valence-corrected chi connectivity index (χ0v) is 11.4. The van der Waals surface area contributed by atoms with Gasteiger partial charge in [-0.2, -0.15) is 0 Å². The van der Waals surface area contributed by atoms with Crippen LogP contribution in [0.5, 0.6) is 0 Å². The summed E-state index contributed by atoms with van der Waals surface area (Å²) in [6, 6.07) is -0.412. The van der Waals surface area contributed by atoms with Crippen LogP contribution < -0.4 is 10.6 Å². The molecule has 0 aromatic rings. The van der Waals surface area contributed by atoms with Crippen LogP contribution in [0.3, 0.4) is 0 Å². The van der Waals surface area contributed by atoms with Crippen LogP contribution in [0.15, 0.2) is 0 Å². The van der Waals surface area contributed by atoms with Crippen LogP contribution in [0, 0.1) is 0 Å². The van der Waals surface area contributed by atoms with Gasteiger partial charge in [0, 0.05) is 5.54 Å². The lowest BCUT2D eigenvalue weighted by Gasteiger charge is -2.26. The molecule has 0 aliphatic heterocycles. The molecule has 0 bridgehead atoms. The molecule has 0 aliphatic rings. The first kappa shape index (κ1) is 15.9. The maximum Gasteiger partial charge on any atom is 0.319 e. The Labute approximate surface area is 103 Å². The fourth-order valence-electron chi connectivity index (χ4n) is 1.07. The second-order valence-electron chi connectivity index (χ2n) is 4.63. The molecule has 0 spiro atoms. The van der Waals surface area contributed by atoms with E-state index in [4.69, 9.17) is 4.74 Å². The molecule has 17 heavy (non-hydrogen) atoms. The maximum absolute atomic E-state index is 11.8. The largest absolute Gasteiger partial charge is 0.465 e. The standard InChI is InChI=1S/C12H24N2O3/c1-6-12(4,5)14-11(16)9(3)13-8-10(15)17-7-2/h9,13H,6-8H2,1-5H3,(H,14,16). The van der Waals surface area contributed by atoms with Gasteiger partial charge in [-0.05, 0) is 34.1 Å². The van der Waals surface area contributed by atoms with Gasteiger partial charge >= 0.3 is 5.97 Å². The van der Waals surface area contributed by atoms with Gasteiger partial charge in [-0.25, -0.2) is 0 Å². The summed E-state index contributed by atoms with van der Waals surface area (Å²) < 4.78 is 4.76. The Morgan fingerprint density at radius 1 is 1.29 bits per heavy atom. The molecule has 5 heteroatoms. The minimum Gasteiger partial charge on any atom is -0.465 e. The van der Waals surface area contributed by atoms with E-state index in [1.807, 2.05) is 20.8 Å². The summed E-state index contributed by atoms with van der Waals surface area (Å²) >= 11 is 0. The van der Waals surface area contributed by atoms with Crippen LogP contribution in [0.4, 0.5) is 0 Å². The number of carbonyl (C=O) groups excluding carboxylic acids is 2. The van der Waals surface area contributed by atoms with Crippen molar-refractivity contribution in [2.45, 2.75) is 52.6 Å². The van der Waals surface area contributed by atoms with Gasteiger partial charge < -0.3 is 10.1 Å². The predicted octanol–water partition coefficient (Wildman–Crippen LogP) is 0.832. The Kier molecular flexibility index (Phi) is 6.80. The fourth-order valence-corrected chi connectivity index (χ4v) is 1.07. The Bertz CT molecular complexity index is 264. The average molecular weight is 244 g/mol. The third-order valence-electron chi connectivity index (χ3n) is 2.60. The van der Waals surface area contributed by atoms with Crippen molar-refractivity contribution in [1.29, 1.82) is 0 Å². The predicted molar refractivity (Wildman–Crippen MR) is 66.6 cm³/mol. The summed E-state index contributed by atoms with van der Waals surface area (Å²) in [7, 11) is 0.